The molecule has 0 atom stereocenters. The lowest BCUT2D eigenvalue weighted by Crippen LogP contribution is -2.33. The van der Waals surface area contributed by atoms with Crippen LogP contribution in [0.2, 0.25) is 0 Å². The number of carboxylic acids is 1. The number of nitriles is 1. The Morgan fingerprint density at radius 3 is 2.61 bits per heavy atom. The van der Waals surface area contributed by atoms with Crippen LogP contribution in [-0.2, 0) is 4.79 Å². The molecular formula is C14H18N2O2. The highest BCUT2D eigenvalue weighted by atomic mass is 16.4. The lowest BCUT2D eigenvalue weighted by atomic mass is 10.1. The molecule has 0 bridgehead atoms. The van der Waals surface area contributed by atoms with E-state index in [0.29, 0.717) is 12.1 Å². The highest BCUT2D eigenvalue weighted by Crippen LogP contribution is 2.23. The van der Waals surface area contributed by atoms with E-state index in [1.807, 2.05) is 37.8 Å². The van der Waals surface area contributed by atoms with E-state index >= 15 is 0 Å². The molecule has 18 heavy (non-hydrogen) atoms. The van der Waals surface area contributed by atoms with E-state index in [-0.39, 0.29) is 12.5 Å². The fourth-order valence-electron chi connectivity index (χ4n) is 1.92. The molecule has 1 rings (SSSR count). The van der Waals surface area contributed by atoms with Gasteiger partial charge in [-0.05, 0) is 44.5 Å². The number of hydrogen-bond donors (Lipinski definition) is 1. The number of nitrogens with zero attached hydrogens (tertiary/aromatic N) is 2. The second-order valence-electron chi connectivity index (χ2n) is 4.54. The Balaban J connectivity index is 2.99. The van der Waals surface area contributed by atoms with E-state index in [0.717, 1.165) is 11.3 Å². The third-order valence-corrected chi connectivity index (χ3v) is 2.83. The average Bonchev–Trinajstić information content (AvgIpc) is 2.30. The van der Waals surface area contributed by atoms with Crippen LogP contribution < -0.4 is 4.90 Å². The number of hydrogen-bond acceptors (Lipinski definition) is 3. The fraction of sp³-hybridized carbons (Fsp3) is 0.429. The van der Waals surface area contributed by atoms with Gasteiger partial charge in [-0.25, -0.2) is 0 Å². The maximum Gasteiger partial charge on any atom is 0.305 e. The Hall–Kier alpha value is -2.02. The van der Waals surface area contributed by atoms with Gasteiger partial charge in [-0.1, -0.05) is 0 Å². The van der Waals surface area contributed by atoms with Gasteiger partial charge in [-0.3, -0.25) is 4.79 Å². The first-order valence-electron chi connectivity index (χ1n) is 5.95. The van der Waals surface area contributed by atoms with Gasteiger partial charge >= 0.3 is 5.97 Å². The van der Waals surface area contributed by atoms with Crippen molar-refractivity contribution < 1.29 is 9.90 Å². The smallest absolute Gasteiger partial charge is 0.305 e. The average molecular weight is 246 g/mol. The minimum Gasteiger partial charge on any atom is -0.481 e. The Bertz CT molecular complexity index is 475. The van der Waals surface area contributed by atoms with Crippen LogP contribution in [0.3, 0.4) is 0 Å². The minimum atomic E-state index is -0.799. The van der Waals surface area contributed by atoms with Gasteiger partial charge in [0, 0.05) is 18.3 Å². The van der Waals surface area contributed by atoms with Crippen molar-refractivity contribution in [1.82, 2.24) is 0 Å². The zero-order chi connectivity index (χ0) is 13.7. The third kappa shape index (κ3) is 3.49. The Morgan fingerprint density at radius 2 is 2.17 bits per heavy atom. The monoisotopic (exact) mass is 246 g/mol. The second-order valence-corrected chi connectivity index (χ2v) is 4.54. The lowest BCUT2D eigenvalue weighted by molar-refractivity contribution is -0.136. The number of anilines is 1. The minimum absolute atomic E-state index is 0.109. The first-order valence-corrected chi connectivity index (χ1v) is 5.95. The molecule has 0 radical (unpaired) electrons. The summed E-state index contributed by atoms with van der Waals surface area (Å²) < 4.78 is 0. The van der Waals surface area contributed by atoms with Crippen molar-refractivity contribution in [3.8, 4) is 6.07 Å². The van der Waals surface area contributed by atoms with Gasteiger partial charge in [0.2, 0.25) is 0 Å². The summed E-state index contributed by atoms with van der Waals surface area (Å²) >= 11 is 0. The van der Waals surface area contributed by atoms with Gasteiger partial charge in [0.05, 0.1) is 18.1 Å². The lowest BCUT2D eigenvalue weighted by Gasteiger charge is -2.30. The molecule has 0 amide bonds. The molecule has 1 aromatic rings. The first-order chi connectivity index (χ1) is 8.45. The first kappa shape index (κ1) is 14.0. The molecule has 4 nitrogen and oxygen atoms in total. The van der Waals surface area contributed by atoms with Crippen molar-refractivity contribution in [2.24, 2.45) is 0 Å². The molecular weight excluding hydrogens is 228 g/mol. The predicted molar refractivity (Wildman–Crippen MR) is 70.6 cm³/mol. The zero-order valence-corrected chi connectivity index (χ0v) is 11.0. The Labute approximate surface area is 107 Å². The SMILES string of the molecule is Cc1cc(C#N)ccc1N(CCC(=O)O)C(C)C. The third-order valence-electron chi connectivity index (χ3n) is 2.83. The molecule has 0 aliphatic heterocycles. The molecule has 4 heteroatoms. The van der Waals surface area contributed by atoms with Gasteiger partial charge in [0.25, 0.3) is 0 Å². The molecule has 1 N–H and O–H groups in total. The van der Waals surface area contributed by atoms with E-state index < -0.39 is 5.97 Å². The number of benzene rings is 1. The molecule has 1 aromatic carbocycles. The molecule has 0 aromatic heterocycles. The van der Waals surface area contributed by atoms with Crippen molar-refractivity contribution in [2.75, 3.05) is 11.4 Å². The largest absolute Gasteiger partial charge is 0.481 e. The molecule has 0 unspecified atom stereocenters. The van der Waals surface area contributed by atoms with Crippen LogP contribution in [0.5, 0.6) is 0 Å². The molecule has 0 heterocycles. The molecule has 0 saturated heterocycles. The summed E-state index contributed by atoms with van der Waals surface area (Å²) in [6.45, 7) is 6.46. The topological polar surface area (TPSA) is 64.3 Å². The van der Waals surface area contributed by atoms with Crippen molar-refractivity contribution in [2.45, 2.75) is 33.2 Å². The van der Waals surface area contributed by atoms with Crippen molar-refractivity contribution in [3.05, 3.63) is 29.3 Å². The van der Waals surface area contributed by atoms with Gasteiger partial charge < -0.3 is 10.0 Å². The number of carbonyl (C=O) groups is 1. The normalized spacial score (nSPS) is 10.2. The number of rotatable bonds is 5. The van der Waals surface area contributed by atoms with Gasteiger partial charge in [-0.15, -0.1) is 0 Å². The van der Waals surface area contributed by atoms with E-state index in [1.54, 1.807) is 6.07 Å². The highest BCUT2D eigenvalue weighted by molar-refractivity contribution is 5.68. The molecule has 0 spiro atoms. The van der Waals surface area contributed by atoms with Crippen LogP contribution in [-0.4, -0.2) is 23.7 Å². The summed E-state index contributed by atoms with van der Waals surface area (Å²) in [4.78, 5) is 12.7. The zero-order valence-electron chi connectivity index (χ0n) is 11.0. The number of aryl methyl sites for hydroxylation is 1. The fourth-order valence-corrected chi connectivity index (χ4v) is 1.92. The van der Waals surface area contributed by atoms with Crippen molar-refractivity contribution in [3.63, 3.8) is 0 Å². The van der Waals surface area contributed by atoms with Crippen LogP contribution >= 0.6 is 0 Å². The quantitative estimate of drug-likeness (QED) is 0.867. The molecule has 0 fully saturated rings. The van der Waals surface area contributed by atoms with Crippen LogP contribution in [0.25, 0.3) is 0 Å². The van der Waals surface area contributed by atoms with Crippen molar-refractivity contribution in [1.29, 1.82) is 5.26 Å². The standard InChI is InChI=1S/C14H18N2O2/c1-10(2)16(7-6-14(17)18)13-5-4-12(9-15)8-11(13)3/h4-5,8,10H,6-7H2,1-3H3,(H,17,18). The second kappa shape index (κ2) is 6.06. The van der Waals surface area contributed by atoms with E-state index in [9.17, 15) is 4.79 Å². The van der Waals surface area contributed by atoms with Gasteiger partial charge in [0.1, 0.15) is 0 Å². The Morgan fingerprint density at radius 1 is 1.50 bits per heavy atom. The number of aliphatic carboxylic acids is 1. The van der Waals surface area contributed by atoms with Crippen LogP contribution in [0.15, 0.2) is 18.2 Å². The van der Waals surface area contributed by atoms with Crippen molar-refractivity contribution >= 4 is 11.7 Å². The summed E-state index contributed by atoms with van der Waals surface area (Å²) in [5, 5.41) is 17.6. The summed E-state index contributed by atoms with van der Waals surface area (Å²) in [7, 11) is 0. The predicted octanol–water partition coefficient (Wildman–Crippen LogP) is 2.56. The Kier molecular flexibility index (Phi) is 4.73. The maximum atomic E-state index is 10.7. The maximum absolute atomic E-state index is 10.7. The molecule has 0 aliphatic carbocycles. The van der Waals surface area contributed by atoms with Crippen LogP contribution in [0.4, 0.5) is 5.69 Å². The van der Waals surface area contributed by atoms with Crippen LogP contribution in [0.1, 0.15) is 31.4 Å². The van der Waals surface area contributed by atoms with E-state index in [1.165, 1.54) is 0 Å². The summed E-state index contributed by atoms with van der Waals surface area (Å²) in [6, 6.07) is 7.79. The van der Waals surface area contributed by atoms with E-state index in [4.69, 9.17) is 10.4 Å². The highest BCUT2D eigenvalue weighted by Gasteiger charge is 2.14. The van der Waals surface area contributed by atoms with Gasteiger partial charge in [0.15, 0.2) is 0 Å². The van der Waals surface area contributed by atoms with Gasteiger partial charge in [-0.2, -0.15) is 5.26 Å². The summed E-state index contributed by atoms with van der Waals surface area (Å²) in [5.74, 6) is -0.799. The van der Waals surface area contributed by atoms with E-state index in [2.05, 4.69) is 6.07 Å². The number of carboxylic acid groups (broad SMARTS) is 1. The molecule has 0 saturated carbocycles. The molecule has 96 valence electrons. The molecule has 0 aliphatic rings. The summed E-state index contributed by atoms with van der Waals surface area (Å²) in [5.41, 5.74) is 2.61. The van der Waals surface area contributed by atoms with Crippen LogP contribution in [0, 0.1) is 18.3 Å². The summed E-state index contributed by atoms with van der Waals surface area (Å²) in [6.07, 6.45) is 0.109.